The number of hydrogen-bond donors (Lipinski definition) is 1. The van der Waals surface area contributed by atoms with Crippen LogP contribution in [0.3, 0.4) is 0 Å². The number of rotatable bonds is 5. The van der Waals surface area contributed by atoms with Crippen LogP contribution in [0.15, 0.2) is 24.3 Å². The van der Waals surface area contributed by atoms with Crippen LogP contribution in [0.5, 0.6) is 0 Å². The Balaban J connectivity index is 3.07. The lowest BCUT2D eigenvalue weighted by molar-refractivity contribution is -0.130. The molecule has 0 bridgehead atoms. The molecule has 1 rings (SSSR count). The Morgan fingerprint density at radius 1 is 1.25 bits per heavy atom. The number of hydrogen-bond acceptors (Lipinski definition) is 3. The predicted molar refractivity (Wildman–Crippen MR) is 67.8 cm³/mol. The molecule has 1 aromatic rings. The van der Waals surface area contributed by atoms with Crippen LogP contribution < -0.4 is 5.73 Å². The molecule has 0 radical (unpaired) electrons. The van der Waals surface area contributed by atoms with Crippen LogP contribution in [0.4, 0.5) is 13.2 Å². The molecule has 0 heterocycles. The van der Waals surface area contributed by atoms with E-state index in [2.05, 4.69) is 0 Å². The van der Waals surface area contributed by atoms with Gasteiger partial charge in [0.1, 0.15) is 0 Å². The van der Waals surface area contributed by atoms with Crippen molar-refractivity contribution in [2.75, 3.05) is 5.75 Å². The molecule has 20 heavy (non-hydrogen) atoms. The summed E-state index contributed by atoms with van der Waals surface area (Å²) in [5, 5.41) is -1.52. The lowest BCUT2D eigenvalue weighted by Gasteiger charge is -2.15. The van der Waals surface area contributed by atoms with Crippen molar-refractivity contribution >= 4 is 27.3 Å². The first-order valence-corrected chi connectivity index (χ1v) is 7.45. The summed E-state index contributed by atoms with van der Waals surface area (Å²) in [6.45, 7) is 0. The minimum absolute atomic E-state index is 0.0101. The molecule has 112 valence electrons. The molecule has 2 N–H and O–H groups in total. The fraction of sp³-hybridized carbons (Fsp3) is 0.364. The highest BCUT2D eigenvalue weighted by molar-refractivity contribution is 7.92. The second-order valence-corrected chi connectivity index (χ2v) is 6.71. The lowest BCUT2D eigenvalue weighted by atomic mass is 10.1. The number of alkyl halides is 3. The summed E-state index contributed by atoms with van der Waals surface area (Å²) < 4.78 is 60.1. The molecule has 1 amide bonds. The highest BCUT2D eigenvalue weighted by Crippen LogP contribution is 2.28. The van der Waals surface area contributed by atoms with E-state index in [0.29, 0.717) is 5.02 Å². The first-order chi connectivity index (χ1) is 9.03. The van der Waals surface area contributed by atoms with E-state index in [0.717, 1.165) is 0 Å². The van der Waals surface area contributed by atoms with E-state index in [1.54, 1.807) is 0 Å². The van der Waals surface area contributed by atoms with Gasteiger partial charge >= 0.3 is 6.18 Å². The number of sulfone groups is 1. The van der Waals surface area contributed by atoms with E-state index >= 15 is 0 Å². The number of nitrogens with two attached hydrogens (primary N) is 1. The molecular formula is C11H11ClF3NO3S. The van der Waals surface area contributed by atoms with Crippen LogP contribution in [0.1, 0.15) is 17.2 Å². The van der Waals surface area contributed by atoms with Gasteiger partial charge in [-0.25, -0.2) is 8.42 Å². The molecule has 0 saturated carbocycles. The van der Waals surface area contributed by atoms with Gasteiger partial charge in [-0.2, -0.15) is 13.2 Å². The van der Waals surface area contributed by atoms with Gasteiger partial charge in [0.2, 0.25) is 5.91 Å². The number of carbonyl (C=O) groups is 1. The zero-order valence-corrected chi connectivity index (χ0v) is 11.6. The Labute approximate surface area is 118 Å². The fourth-order valence-electron chi connectivity index (χ4n) is 1.56. The number of benzene rings is 1. The molecule has 0 spiro atoms. The molecule has 1 unspecified atom stereocenters. The molecule has 9 heteroatoms. The maximum absolute atomic E-state index is 12.1. The third-order valence-corrected chi connectivity index (χ3v) is 4.71. The monoisotopic (exact) mass is 329 g/mol. The first-order valence-electron chi connectivity index (χ1n) is 5.36. The van der Waals surface area contributed by atoms with Crippen LogP contribution in [0, 0.1) is 0 Å². The van der Waals surface area contributed by atoms with Gasteiger partial charge < -0.3 is 5.73 Å². The molecule has 0 saturated heterocycles. The van der Waals surface area contributed by atoms with Crippen molar-refractivity contribution < 1.29 is 26.4 Å². The van der Waals surface area contributed by atoms with Crippen molar-refractivity contribution in [3.05, 3.63) is 34.9 Å². The Hall–Kier alpha value is -1.28. The molecule has 0 aliphatic heterocycles. The predicted octanol–water partition coefficient (Wildman–Crippen LogP) is 2.23. The summed E-state index contributed by atoms with van der Waals surface area (Å²) in [6, 6.07) is 5.13. The van der Waals surface area contributed by atoms with Crippen LogP contribution in [-0.2, 0) is 14.6 Å². The average Bonchev–Trinajstić information content (AvgIpc) is 2.28. The highest BCUT2D eigenvalue weighted by Gasteiger charge is 2.36. The van der Waals surface area contributed by atoms with Crippen LogP contribution in [0.25, 0.3) is 0 Å². The zero-order valence-electron chi connectivity index (χ0n) is 10.0. The Bertz CT molecular complexity index is 584. The van der Waals surface area contributed by atoms with Gasteiger partial charge in [0.15, 0.2) is 15.1 Å². The third-order valence-electron chi connectivity index (χ3n) is 2.46. The van der Waals surface area contributed by atoms with Gasteiger partial charge in [-0.05, 0) is 17.7 Å². The zero-order chi connectivity index (χ0) is 15.6. The Morgan fingerprint density at radius 3 is 2.15 bits per heavy atom. The third kappa shape index (κ3) is 4.68. The van der Waals surface area contributed by atoms with Crippen LogP contribution in [0.2, 0.25) is 5.02 Å². The summed E-state index contributed by atoms with van der Waals surface area (Å²) in [4.78, 5) is 11.3. The number of carbonyl (C=O) groups excluding carboxylic acids is 1. The van der Waals surface area contributed by atoms with E-state index in [1.165, 1.54) is 24.3 Å². The summed E-state index contributed by atoms with van der Waals surface area (Å²) in [6.07, 6.45) is -6.16. The normalized spacial score (nSPS) is 14.0. The molecular weight excluding hydrogens is 319 g/mol. The molecule has 4 nitrogen and oxygen atoms in total. The van der Waals surface area contributed by atoms with Gasteiger partial charge in [0, 0.05) is 5.02 Å². The SMILES string of the molecule is NC(=O)C(c1ccc(Cl)cc1)S(=O)(=O)CCC(F)(F)F. The minimum Gasteiger partial charge on any atom is -0.368 e. The number of halogens is 4. The molecule has 0 aliphatic rings. The molecule has 1 aromatic carbocycles. The quantitative estimate of drug-likeness (QED) is 0.900. The Kier molecular flexibility index (Phi) is 5.04. The van der Waals surface area contributed by atoms with Crippen molar-refractivity contribution in [2.24, 2.45) is 5.73 Å². The average molecular weight is 330 g/mol. The van der Waals surface area contributed by atoms with Crippen molar-refractivity contribution in [2.45, 2.75) is 17.8 Å². The first kappa shape index (κ1) is 16.8. The van der Waals surface area contributed by atoms with Crippen LogP contribution >= 0.6 is 11.6 Å². The number of amides is 1. The maximum Gasteiger partial charge on any atom is 0.390 e. The highest BCUT2D eigenvalue weighted by atomic mass is 35.5. The van der Waals surface area contributed by atoms with E-state index in [-0.39, 0.29) is 5.56 Å². The van der Waals surface area contributed by atoms with E-state index in [4.69, 9.17) is 17.3 Å². The lowest BCUT2D eigenvalue weighted by Crippen LogP contribution is -2.31. The van der Waals surface area contributed by atoms with Crippen molar-refractivity contribution in [3.63, 3.8) is 0 Å². The van der Waals surface area contributed by atoms with Gasteiger partial charge in [0.25, 0.3) is 0 Å². The second-order valence-electron chi connectivity index (χ2n) is 4.07. The maximum atomic E-state index is 12.1. The summed E-state index contributed by atoms with van der Waals surface area (Å²) in [7, 11) is -4.36. The van der Waals surface area contributed by atoms with Gasteiger partial charge in [-0.15, -0.1) is 0 Å². The van der Waals surface area contributed by atoms with Crippen molar-refractivity contribution in [1.82, 2.24) is 0 Å². The van der Waals surface area contributed by atoms with Crippen molar-refractivity contribution in [3.8, 4) is 0 Å². The standard InChI is InChI=1S/C11H11ClF3NO3S/c12-8-3-1-7(2-4-8)9(10(16)17)20(18,19)6-5-11(13,14)15/h1-4,9H,5-6H2,(H2,16,17). The molecule has 0 aliphatic carbocycles. The van der Waals surface area contributed by atoms with E-state index in [1.807, 2.05) is 0 Å². The Morgan fingerprint density at radius 2 is 1.75 bits per heavy atom. The molecule has 0 aromatic heterocycles. The topological polar surface area (TPSA) is 77.2 Å². The van der Waals surface area contributed by atoms with Gasteiger partial charge in [0.05, 0.1) is 12.2 Å². The molecule has 1 atom stereocenters. The smallest absolute Gasteiger partial charge is 0.368 e. The van der Waals surface area contributed by atoms with Crippen LogP contribution in [-0.4, -0.2) is 26.3 Å². The van der Waals surface area contributed by atoms with Crippen molar-refractivity contribution in [1.29, 1.82) is 0 Å². The van der Waals surface area contributed by atoms with Gasteiger partial charge in [-0.3, -0.25) is 4.79 Å². The van der Waals surface area contributed by atoms with Gasteiger partial charge in [-0.1, -0.05) is 23.7 Å². The van der Waals surface area contributed by atoms with E-state index in [9.17, 15) is 26.4 Å². The minimum atomic E-state index is -4.63. The number of primary amides is 1. The largest absolute Gasteiger partial charge is 0.390 e. The summed E-state index contributed by atoms with van der Waals surface area (Å²) >= 11 is 5.62. The summed E-state index contributed by atoms with van der Waals surface area (Å²) in [5.74, 6) is -2.43. The fourth-order valence-corrected chi connectivity index (χ4v) is 3.37. The second kappa shape index (κ2) is 6.01. The molecule has 0 fully saturated rings. The summed E-state index contributed by atoms with van der Waals surface area (Å²) in [5.41, 5.74) is 4.99. The van der Waals surface area contributed by atoms with E-state index < -0.39 is 39.3 Å².